The van der Waals surface area contributed by atoms with Crippen molar-refractivity contribution in [3.8, 4) is 0 Å². The Hall–Kier alpha value is -0.320. The molecule has 0 heterocycles. The van der Waals surface area contributed by atoms with Crippen LogP contribution in [0.5, 0.6) is 0 Å². The largest absolute Gasteiger partial charge is 0.389 e. The molecule has 1 aromatic rings. The van der Waals surface area contributed by atoms with E-state index >= 15 is 0 Å². The fourth-order valence-electron chi connectivity index (χ4n) is 1.01. The number of hydrogen-bond donors (Lipinski definition) is 2. The van der Waals surface area contributed by atoms with Gasteiger partial charge in [0.15, 0.2) is 0 Å². The Morgan fingerprint density at radius 3 is 2.73 bits per heavy atom. The number of aliphatic hydroxyl groups excluding tert-OH is 1. The second-order valence-electron chi connectivity index (χ2n) is 3.14. The van der Waals surface area contributed by atoms with E-state index in [-0.39, 0.29) is 13.2 Å². The van der Waals surface area contributed by atoms with Crippen molar-refractivity contribution in [3.05, 3.63) is 33.8 Å². The van der Waals surface area contributed by atoms with Crippen LogP contribution >= 0.6 is 23.2 Å². The fourth-order valence-corrected chi connectivity index (χ4v) is 1.47. The van der Waals surface area contributed by atoms with Crippen molar-refractivity contribution >= 4 is 23.2 Å². The first-order valence-electron chi connectivity index (χ1n) is 4.53. The number of aliphatic hydroxyl groups is 1. The summed E-state index contributed by atoms with van der Waals surface area (Å²) >= 11 is 11.7. The molecule has 0 bridgehead atoms. The highest BCUT2D eigenvalue weighted by molar-refractivity contribution is 6.35. The Morgan fingerprint density at radius 1 is 1.40 bits per heavy atom. The van der Waals surface area contributed by atoms with Crippen LogP contribution in [0.15, 0.2) is 18.2 Å². The summed E-state index contributed by atoms with van der Waals surface area (Å²) in [4.78, 5) is 0. The molecule has 3 N–H and O–H groups in total. The van der Waals surface area contributed by atoms with Gasteiger partial charge in [-0.25, -0.2) is 0 Å². The Labute approximate surface area is 98.7 Å². The van der Waals surface area contributed by atoms with Crippen molar-refractivity contribution < 1.29 is 9.84 Å². The third-order valence-corrected chi connectivity index (χ3v) is 2.44. The third-order valence-electron chi connectivity index (χ3n) is 1.85. The van der Waals surface area contributed by atoms with E-state index in [1.165, 1.54) is 0 Å². The minimum absolute atomic E-state index is 0.189. The lowest BCUT2D eigenvalue weighted by molar-refractivity contribution is 0.0329. The van der Waals surface area contributed by atoms with Gasteiger partial charge in [-0.3, -0.25) is 0 Å². The van der Waals surface area contributed by atoms with Crippen molar-refractivity contribution in [3.63, 3.8) is 0 Å². The van der Waals surface area contributed by atoms with Gasteiger partial charge in [-0.2, -0.15) is 0 Å². The summed E-state index contributed by atoms with van der Waals surface area (Å²) in [6, 6.07) is 5.19. The molecule has 0 aliphatic rings. The average Bonchev–Trinajstić information content (AvgIpc) is 2.21. The molecule has 0 spiro atoms. The zero-order valence-electron chi connectivity index (χ0n) is 8.12. The summed E-state index contributed by atoms with van der Waals surface area (Å²) in [6.07, 6.45) is -0.629. The number of benzene rings is 1. The molecular formula is C10H13Cl2NO2. The van der Waals surface area contributed by atoms with Crippen LogP contribution in [0.2, 0.25) is 10.0 Å². The summed E-state index contributed by atoms with van der Waals surface area (Å²) in [6.45, 7) is 0.733. The number of rotatable bonds is 5. The van der Waals surface area contributed by atoms with Crippen LogP contribution in [0.1, 0.15) is 5.56 Å². The third kappa shape index (κ3) is 4.36. The number of nitrogens with two attached hydrogens (primary N) is 1. The Morgan fingerprint density at radius 2 is 2.13 bits per heavy atom. The van der Waals surface area contributed by atoms with E-state index in [1.54, 1.807) is 18.2 Å². The number of ether oxygens (including phenoxy) is 1. The van der Waals surface area contributed by atoms with E-state index in [9.17, 15) is 0 Å². The van der Waals surface area contributed by atoms with E-state index in [0.29, 0.717) is 16.7 Å². The molecule has 1 atom stereocenters. The molecule has 0 amide bonds. The Bertz CT molecular complexity index is 320. The van der Waals surface area contributed by atoms with E-state index in [2.05, 4.69) is 0 Å². The summed E-state index contributed by atoms with van der Waals surface area (Å²) < 4.78 is 5.24. The van der Waals surface area contributed by atoms with Gasteiger partial charge in [0.2, 0.25) is 0 Å². The highest BCUT2D eigenvalue weighted by Crippen LogP contribution is 2.21. The van der Waals surface area contributed by atoms with Gasteiger partial charge in [-0.05, 0) is 17.7 Å². The topological polar surface area (TPSA) is 55.5 Å². The van der Waals surface area contributed by atoms with Gasteiger partial charge in [-0.1, -0.05) is 29.3 Å². The van der Waals surface area contributed by atoms with Crippen molar-refractivity contribution in [2.24, 2.45) is 5.73 Å². The van der Waals surface area contributed by atoms with Gasteiger partial charge in [0.05, 0.1) is 19.3 Å². The van der Waals surface area contributed by atoms with Crippen LogP contribution in [0.25, 0.3) is 0 Å². The molecule has 1 rings (SSSR count). The lowest BCUT2D eigenvalue weighted by Gasteiger charge is -2.09. The van der Waals surface area contributed by atoms with Crippen molar-refractivity contribution in [2.45, 2.75) is 12.7 Å². The quantitative estimate of drug-likeness (QED) is 0.838. The standard InChI is InChI=1S/C10H13Cl2NO2/c11-8-2-1-7(10(12)3-8)5-15-6-9(14)4-13/h1-3,9,14H,4-6,13H2/t9-/m1/s1. The molecule has 84 valence electrons. The first-order chi connectivity index (χ1) is 7.13. The monoisotopic (exact) mass is 249 g/mol. The predicted molar refractivity (Wildman–Crippen MR) is 61.2 cm³/mol. The van der Waals surface area contributed by atoms with Crippen LogP contribution in [0.3, 0.4) is 0 Å². The highest BCUT2D eigenvalue weighted by atomic mass is 35.5. The van der Waals surface area contributed by atoms with Gasteiger partial charge < -0.3 is 15.6 Å². The van der Waals surface area contributed by atoms with E-state index < -0.39 is 6.10 Å². The first kappa shape index (κ1) is 12.7. The first-order valence-corrected chi connectivity index (χ1v) is 5.29. The SMILES string of the molecule is NC[C@@H](O)COCc1ccc(Cl)cc1Cl. The van der Waals surface area contributed by atoms with Gasteiger partial charge in [0, 0.05) is 16.6 Å². The van der Waals surface area contributed by atoms with Crippen molar-refractivity contribution in [1.29, 1.82) is 0 Å². The van der Waals surface area contributed by atoms with Crippen molar-refractivity contribution in [1.82, 2.24) is 0 Å². The molecule has 0 aliphatic heterocycles. The Kier molecular flexibility index (Phi) is 5.36. The van der Waals surface area contributed by atoms with E-state index in [0.717, 1.165) is 5.56 Å². The van der Waals surface area contributed by atoms with Gasteiger partial charge in [0.1, 0.15) is 0 Å². The molecule has 3 nitrogen and oxygen atoms in total. The summed E-state index contributed by atoms with van der Waals surface area (Å²) in [5.74, 6) is 0. The average molecular weight is 250 g/mol. The van der Waals surface area contributed by atoms with Crippen LogP contribution in [-0.4, -0.2) is 24.4 Å². The minimum Gasteiger partial charge on any atom is -0.389 e. The number of hydrogen-bond acceptors (Lipinski definition) is 3. The minimum atomic E-state index is -0.629. The molecule has 0 fully saturated rings. The maximum absolute atomic E-state index is 9.15. The van der Waals surface area contributed by atoms with E-state index in [4.69, 9.17) is 38.8 Å². The maximum atomic E-state index is 9.15. The Balaban J connectivity index is 2.44. The summed E-state index contributed by atoms with van der Waals surface area (Å²) in [5, 5.41) is 10.3. The van der Waals surface area contributed by atoms with Gasteiger partial charge >= 0.3 is 0 Å². The number of halogens is 2. The molecule has 0 aliphatic carbocycles. The molecule has 0 radical (unpaired) electrons. The second kappa shape index (κ2) is 6.30. The molecule has 0 aromatic heterocycles. The zero-order chi connectivity index (χ0) is 11.3. The summed E-state index contributed by atoms with van der Waals surface area (Å²) in [7, 11) is 0. The highest BCUT2D eigenvalue weighted by Gasteiger charge is 2.04. The van der Waals surface area contributed by atoms with Crippen LogP contribution in [0.4, 0.5) is 0 Å². The lowest BCUT2D eigenvalue weighted by atomic mass is 10.2. The molecule has 1 aromatic carbocycles. The normalized spacial score (nSPS) is 12.8. The van der Waals surface area contributed by atoms with Crippen molar-refractivity contribution in [2.75, 3.05) is 13.2 Å². The fraction of sp³-hybridized carbons (Fsp3) is 0.400. The van der Waals surface area contributed by atoms with Crippen LogP contribution in [-0.2, 0) is 11.3 Å². The van der Waals surface area contributed by atoms with Gasteiger partial charge in [-0.15, -0.1) is 0 Å². The molecule has 0 saturated heterocycles. The molecule has 0 saturated carbocycles. The van der Waals surface area contributed by atoms with Crippen LogP contribution in [0, 0.1) is 0 Å². The molecule has 0 unspecified atom stereocenters. The molecular weight excluding hydrogens is 237 g/mol. The predicted octanol–water partition coefficient (Wildman–Crippen LogP) is 1.83. The van der Waals surface area contributed by atoms with Gasteiger partial charge in [0.25, 0.3) is 0 Å². The lowest BCUT2D eigenvalue weighted by Crippen LogP contribution is -2.25. The van der Waals surface area contributed by atoms with Crippen LogP contribution < -0.4 is 5.73 Å². The molecule has 15 heavy (non-hydrogen) atoms. The van der Waals surface area contributed by atoms with E-state index in [1.807, 2.05) is 0 Å². The molecule has 5 heteroatoms. The zero-order valence-corrected chi connectivity index (χ0v) is 9.63. The summed E-state index contributed by atoms with van der Waals surface area (Å²) in [5.41, 5.74) is 6.07. The smallest absolute Gasteiger partial charge is 0.0895 e. The maximum Gasteiger partial charge on any atom is 0.0895 e. The second-order valence-corrected chi connectivity index (χ2v) is 3.98.